The van der Waals surface area contributed by atoms with Crippen LogP contribution in [0.15, 0.2) is 54.6 Å². The van der Waals surface area contributed by atoms with E-state index in [-0.39, 0.29) is 30.5 Å². The summed E-state index contributed by atoms with van der Waals surface area (Å²) in [5, 5.41) is 0. The van der Waals surface area contributed by atoms with Gasteiger partial charge in [-0.05, 0) is 29.5 Å². The van der Waals surface area contributed by atoms with Gasteiger partial charge in [0.1, 0.15) is 6.10 Å². The first-order valence-electron chi connectivity index (χ1n) is 8.43. The van der Waals surface area contributed by atoms with Crippen LogP contribution in [0.5, 0.6) is 0 Å². The number of rotatable bonds is 5. The predicted molar refractivity (Wildman–Crippen MR) is 103 cm³/mol. The number of nitrogens with zero attached hydrogens (tertiary/aromatic N) is 1. The van der Waals surface area contributed by atoms with Crippen LogP contribution >= 0.6 is 12.4 Å². The molecule has 1 amide bonds. The fourth-order valence-electron chi connectivity index (χ4n) is 3.20. The summed E-state index contributed by atoms with van der Waals surface area (Å²) < 4.78 is 5.73. The normalized spacial score (nSPS) is 19.3. The van der Waals surface area contributed by atoms with Crippen molar-refractivity contribution in [3.8, 4) is 11.1 Å². The zero-order valence-corrected chi connectivity index (χ0v) is 15.2. The Labute approximate surface area is 155 Å². The van der Waals surface area contributed by atoms with Crippen LogP contribution in [0, 0.1) is 0 Å². The summed E-state index contributed by atoms with van der Waals surface area (Å²) in [5.74, 6) is 0.0359. The zero-order chi connectivity index (χ0) is 16.9. The summed E-state index contributed by atoms with van der Waals surface area (Å²) in [7, 11) is 1.84. The van der Waals surface area contributed by atoms with Crippen molar-refractivity contribution in [2.45, 2.75) is 31.6 Å². The summed E-state index contributed by atoms with van der Waals surface area (Å²) in [5.41, 5.74) is 9.08. The maximum Gasteiger partial charge on any atom is 0.251 e. The molecule has 2 aromatic rings. The first-order chi connectivity index (χ1) is 11.7. The van der Waals surface area contributed by atoms with Crippen LogP contribution in [0.3, 0.4) is 0 Å². The Bertz CT molecular complexity index is 693. The Kier molecular flexibility index (Phi) is 7.00. The van der Waals surface area contributed by atoms with Crippen molar-refractivity contribution in [2.75, 3.05) is 13.6 Å². The van der Waals surface area contributed by atoms with E-state index >= 15 is 0 Å². The van der Waals surface area contributed by atoms with Gasteiger partial charge in [0.25, 0.3) is 5.91 Å². The van der Waals surface area contributed by atoms with Crippen molar-refractivity contribution in [2.24, 2.45) is 5.73 Å². The van der Waals surface area contributed by atoms with Crippen LogP contribution in [0.4, 0.5) is 0 Å². The third-order valence-corrected chi connectivity index (χ3v) is 4.53. The van der Waals surface area contributed by atoms with Gasteiger partial charge in [0.15, 0.2) is 0 Å². The van der Waals surface area contributed by atoms with Crippen LogP contribution in [-0.2, 0) is 16.1 Å². The molecule has 1 saturated heterocycles. The Balaban J connectivity index is 0.00000225. The molecule has 25 heavy (non-hydrogen) atoms. The van der Waals surface area contributed by atoms with Gasteiger partial charge in [-0.2, -0.15) is 0 Å². The molecule has 4 nitrogen and oxygen atoms in total. The molecule has 0 unspecified atom stereocenters. The van der Waals surface area contributed by atoms with E-state index in [9.17, 15) is 4.79 Å². The lowest BCUT2D eigenvalue weighted by molar-refractivity contribution is -0.141. The number of carbonyl (C=O) groups excluding carboxylic acids is 1. The van der Waals surface area contributed by atoms with Gasteiger partial charge in [-0.1, -0.05) is 54.6 Å². The summed E-state index contributed by atoms with van der Waals surface area (Å²) in [6.45, 7) is 1.04. The number of hydrogen-bond acceptors (Lipinski definition) is 3. The fourth-order valence-corrected chi connectivity index (χ4v) is 3.20. The maximum absolute atomic E-state index is 12.6. The van der Waals surface area contributed by atoms with E-state index in [0.29, 0.717) is 13.1 Å². The third-order valence-electron chi connectivity index (χ3n) is 4.53. The van der Waals surface area contributed by atoms with E-state index in [1.54, 1.807) is 4.90 Å². The van der Waals surface area contributed by atoms with E-state index in [0.717, 1.165) is 29.5 Å². The lowest BCUT2D eigenvalue weighted by Gasteiger charge is -2.22. The largest absolute Gasteiger partial charge is 0.364 e. The molecule has 3 rings (SSSR count). The maximum atomic E-state index is 12.6. The van der Waals surface area contributed by atoms with Gasteiger partial charge in [-0.15, -0.1) is 12.4 Å². The molecule has 0 aliphatic carbocycles. The Morgan fingerprint density at radius 2 is 1.80 bits per heavy atom. The molecule has 0 saturated carbocycles. The number of nitrogens with two attached hydrogens (primary N) is 1. The average Bonchev–Trinajstić information content (AvgIpc) is 3.11. The minimum Gasteiger partial charge on any atom is -0.364 e. The molecule has 2 N–H and O–H groups in total. The summed E-state index contributed by atoms with van der Waals surface area (Å²) in [4.78, 5) is 14.4. The number of ether oxygens (including phenoxy) is 1. The number of benzene rings is 2. The third kappa shape index (κ3) is 4.60. The highest BCUT2D eigenvalue weighted by atomic mass is 35.5. The predicted octanol–water partition coefficient (Wildman–Crippen LogP) is 3.24. The standard InChI is InChI=1S/C20H24N2O2.ClH/c1-22(20(23)19-12-11-17(13-21)24-19)14-16-9-5-6-10-18(16)15-7-3-2-4-8-15;/h2-10,17,19H,11-14,21H2,1H3;1H/t17-,19+;/m1./s1. The van der Waals surface area contributed by atoms with Crippen molar-refractivity contribution in [3.05, 3.63) is 60.2 Å². The average molecular weight is 361 g/mol. The Morgan fingerprint density at radius 3 is 2.48 bits per heavy atom. The van der Waals surface area contributed by atoms with Gasteiger partial charge in [-0.3, -0.25) is 4.79 Å². The van der Waals surface area contributed by atoms with Crippen LogP contribution in [0.2, 0.25) is 0 Å². The number of likely N-dealkylation sites (N-methyl/N-ethyl adjacent to an activating group) is 1. The molecule has 0 bridgehead atoms. The van der Waals surface area contributed by atoms with Crippen LogP contribution in [0.25, 0.3) is 11.1 Å². The number of halogens is 1. The van der Waals surface area contributed by atoms with Crippen molar-refractivity contribution in [3.63, 3.8) is 0 Å². The molecule has 1 fully saturated rings. The summed E-state index contributed by atoms with van der Waals surface area (Å²) in [6, 6.07) is 18.5. The van der Waals surface area contributed by atoms with Gasteiger partial charge in [0.2, 0.25) is 0 Å². The molecule has 0 radical (unpaired) electrons. The number of amides is 1. The minimum atomic E-state index is -0.354. The lowest BCUT2D eigenvalue weighted by atomic mass is 9.99. The molecular formula is C20H25ClN2O2. The molecule has 134 valence electrons. The highest BCUT2D eigenvalue weighted by Crippen LogP contribution is 2.26. The van der Waals surface area contributed by atoms with Gasteiger partial charge < -0.3 is 15.4 Å². The smallest absolute Gasteiger partial charge is 0.251 e. The zero-order valence-electron chi connectivity index (χ0n) is 14.4. The van der Waals surface area contributed by atoms with Crippen molar-refractivity contribution in [1.82, 2.24) is 4.90 Å². The van der Waals surface area contributed by atoms with Crippen molar-refractivity contribution in [1.29, 1.82) is 0 Å². The second-order valence-corrected chi connectivity index (χ2v) is 6.28. The summed E-state index contributed by atoms with van der Waals surface area (Å²) >= 11 is 0. The fraction of sp³-hybridized carbons (Fsp3) is 0.350. The molecule has 1 aliphatic rings. The molecule has 1 aliphatic heterocycles. The second-order valence-electron chi connectivity index (χ2n) is 6.28. The van der Waals surface area contributed by atoms with Gasteiger partial charge in [0, 0.05) is 20.1 Å². The molecule has 2 atom stereocenters. The van der Waals surface area contributed by atoms with E-state index in [2.05, 4.69) is 24.3 Å². The Hall–Kier alpha value is -1.88. The van der Waals surface area contributed by atoms with Crippen molar-refractivity contribution >= 4 is 18.3 Å². The monoisotopic (exact) mass is 360 g/mol. The van der Waals surface area contributed by atoms with Crippen LogP contribution < -0.4 is 5.73 Å². The van der Waals surface area contributed by atoms with E-state index in [4.69, 9.17) is 10.5 Å². The first-order valence-corrected chi connectivity index (χ1v) is 8.43. The van der Waals surface area contributed by atoms with E-state index in [1.165, 1.54) is 0 Å². The van der Waals surface area contributed by atoms with E-state index in [1.807, 2.05) is 37.4 Å². The molecule has 1 heterocycles. The van der Waals surface area contributed by atoms with Crippen LogP contribution in [-0.4, -0.2) is 36.6 Å². The molecule has 0 aromatic heterocycles. The topological polar surface area (TPSA) is 55.6 Å². The van der Waals surface area contributed by atoms with Gasteiger partial charge in [-0.25, -0.2) is 0 Å². The molecular weight excluding hydrogens is 336 g/mol. The first kappa shape index (κ1) is 19.4. The number of carbonyl (C=O) groups is 1. The number of hydrogen-bond donors (Lipinski definition) is 1. The lowest BCUT2D eigenvalue weighted by Crippen LogP contribution is -2.36. The van der Waals surface area contributed by atoms with Gasteiger partial charge in [0.05, 0.1) is 6.10 Å². The molecule has 5 heteroatoms. The van der Waals surface area contributed by atoms with E-state index < -0.39 is 0 Å². The van der Waals surface area contributed by atoms with Crippen molar-refractivity contribution < 1.29 is 9.53 Å². The van der Waals surface area contributed by atoms with Crippen LogP contribution in [0.1, 0.15) is 18.4 Å². The van der Waals surface area contributed by atoms with Gasteiger partial charge >= 0.3 is 0 Å². The minimum absolute atomic E-state index is 0. The second kappa shape index (κ2) is 8.99. The quantitative estimate of drug-likeness (QED) is 0.890. The highest BCUT2D eigenvalue weighted by molar-refractivity contribution is 5.85. The molecule has 0 spiro atoms. The highest BCUT2D eigenvalue weighted by Gasteiger charge is 2.31. The Morgan fingerprint density at radius 1 is 1.12 bits per heavy atom. The molecule has 2 aromatic carbocycles. The summed E-state index contributed by atoms with van der Waals surface area (Å²) in [6.07, 6.45) is 1.28. The SMILES string of the molecule is CN(Cc1ccccc1-c1ccccc1)C(=O)[C@@H]1CC[C@H](CN)O1.Cl.